The lowest BCUT2D eigenvalue weighted by Crippen LogP contribution is -2.11. The van der Waals surface area contributed by atoms with Crippen molar-refractivity contribution in [2.75, 3.05) is 18.5 Å². The normalized spacial score (nSPS) is 9.56. The van der Waals surface area contributed by atoms with Crippen LogP contribution >= 0.6 is 22.9 Å². The van der Waals surface area contributed by atoms with Crippen molar-refractivity contribution in [1.29, 1.82) is 5.26 Å². The van der Waals surface area contributed by atoms with Crippen molar-refractivity contribution in [3.8, 4) is 6.07 Å². The SMILES string of the molecule is CCOC(=O)CCNc1nc(Cl)c(C#N)s1. The Morgan fingerprint density at radius 1 is 1.75 bits per heavy atom. The Morgan fingerprint density at radius 3 is 3.06 bits per heavy atom. The second-order valence-electron chi connectivity index (χ2n) is 2.73. The van der Waals surface area contributed by atoms with Crippen LogP contribution < -0.4 is 5.32 Å². The van der Waals surface area contributed by atoms with Gasteiger partial charge in [0.2, 0.25) is 0 Å². The first-order valence-electron chi connectivity index (χ1n) is 4.63. The van der Waals surface area contributed by atoms with Gasteiger partial charge in [0.1, 0.15) is 10.9 Å². The molecule has 0 atom stereocenters. The van der Waals surface area contributed by atoms with Gasteiger partial charge in [-0.25, -0.2) is 4.98 Å². The van der Waals surface area contributed by atoms with E-state index in [1.54, 1.807) is 6.92 Å². The van der Waals surface area contributed by atoms with E-state index in [0.29, 0.717) is 23.2 Å². The van der Waals surface area contributed by atoms with Crippen LogP contribution in [-0.4, -0.2) is 24.1 Å². The lowest BCUT2D eigenvalue weighted by atomic mass is 10.4. The number of nitrogens with zero attached hydrogens (tertiary/aromatic N) is 2. The van der Waals surface area contributed by atoms with Crippen molar-refractivity contribution in [3.63, 3.8) is 0 Å². The van der Waals surface area contributed by atoms with E-state index in [2.05, 4.69) is 10.3 Å². The summed E-state index contributed by atoms with van der Waals surface area (Å²) in [5.74, 6) is -0.266. The van der Waals surface area contributed by atoms with Crippen molar-refractivity contribution in [2.45, 2.75) is 13.3 Å². The van der Waals surface area contributed by atoms with Gasteiger partial charge in [-0.1, -0.05) is 22.9 Å². The van der Waals surface area contributed by atoms with Gasteiger partial charge in [0.25, 0.3) is 0 Å². The number of thiazole rings is 1. The molecule has 5 nitrogen and oxygen atoms in total. The number of rotatable bonds is 5. The van der Waals surface area contributed by atoms with E-state index in [9.17, 15) is 4.79 Å². The summed E-state index contributed by atoms with van der Waals surface area (Å²) in [6.45, 7) is 2.54. The van der Waals surface area contributed by atoms with Crippen molar-refractivity contribution in [3.05, 3.63) is 10.0 Å². The van der Waals surface area contributed by atoms with Crippen molar-refractivity contribution < 1.29 is 9.53 Å². The third kappa shape index (κ3) is 3.68. The molecule has 1 N–H and O–H groups in total. The van der Waals surface area contributed by atoms with E-state index in [-0.39, 0.29) is 17.5 Å². The summed E-state index contributed by atoms with van der Waals surface area (Å²) in [7, 11) is 0. The molecule has 1 aromatic heterocycles. The predicted molar refractivity (Wildman–Crippen MR) is 61.6 cm³/mol. The molecule has 0 aliphatic rings. The molecule has 1 heterocycles. The topological polar surface area (TPSA) is 75.0 Å². The fourth-order valence-corrected chi connectivity index (χ4v) is 1.92. The highest BCUT2D eigenvalue weighted by Crippen LogP contribution is 2.25. The summed E-state index contributed by atoms with van der Waals surface area (Å²) in [5.41, 5.74) is 0. The summed E-state index contributed by atoms with van der Waals surface area (Å²) in [6.07, 6.45) is 0.257. The van der Waals surface area contributed by atoms with Crippen LogP contribution in [0.2, 0.25) is 5.15 Å². The molecule has 7 heteroatoms. The van der Waals surface area contributed by atoms with Gasteiger partial charge >= 0.3 is 5.97 Å². The Labute approximate surface area is 102 Å². The largest absolute Gasteiger partial charge is 0.466 e. The third-order valence-corrected chi connectivity index (χ3v) is 2.90. The molecule has 0 saturated heterocycles. The quantitative estimate of drug-likeness (QED) is 0.819. The standard InChI is InChI=1S/C9H10ClN3O2S/c1-2-15-7(14)3-4-12-9-13-8(10)6(5-11)16-9/h2-4H2,1H3,(H,12,13). The van der Waals surface area contributed by atoms with Crippen LogP contribution in [0, 0.1) is 11.3 Å². The van der Waals surface area contributed by atoms with Crippen LogP contribution in [0.25, 0.3) is 0 Å². The highest BCUT2D eigenvalue weighted by molar-refractivity contribution is 7.16. The molecule has 0 aliphatic carbocycles. The Kier molecular flexibility index (Phi) is 5.02. The number of nitrogens with one attached hydrogen (secondary N) is 1. The number of hydrogen-bond donors (Lipinski definition) is 1. The van der Waals surface area contributed by atoms with Crippen molar-refractivity contribution >= 4 is 34.0 Å². The van der Waals surface area contributed by atoms with Gasteiger partial charge in [0.15, 0.2) is 10.3 Å². The first-order chi connectivity index (χ1) is 7.67. The van der Waals surface area contributed by atoms with Gasteiger partial charge in [-0.2, -0.15) is 5.26 Å². The molecular formula is C9H10ClN3O2S. The van der Waals surface area contributed by atoms with Crippen LogP contribution in [0.1, 0.15) is 18.2 Å². The van der Waals surface area contributed by atoms with E-state index < -0.39 is 0 Å². The summed E-state index contributed by atoms with van der Waals surface area (Å²) in [5, 5.41) is 12.3. The average molecular weight is 260 g/mol. The number of aromatic nitrogens is 1. The zero-order valence-electron chi connectivity index (χ0n) is 8.62. The van der Waals surface area contributed by atoms with Crippen LogP contribution in [-0.2, 0) is 9.53 Å². The van der Waals surface area contributed by atoms with Crippen molar-refractivity contribution in [2.24, 2.45) is 0 Å². The van der Waals surface area contributed by atoms with Gasteiger partial charge < -0.3 is 10.1 Å². The molecule has 1 rings (SSSR count). The molecule has 0 aliphatic heterocycles. The zero-order chi connectivity index (χ0) is 12.0. The second kappa shape index (κ2) is 6.30. The summed E-state index contributed by atoms with van der Waals surface area (Å²) in [4.78, 5) is 15.3. The Hall–Kier alpha value is -1.32. The number of anilines is 1. The van der Waals surface area contributed by atoms with Crippen LogP contribution in [0.5, 0.6) is 0 Å². The average Bonchev–Trinajstić information content (AvgIpc) is 2.59. The van der Waals surface area contributed by atoms with Gasteiger partial charge in [0.05, 0.1) is 13.0 Å². The maximum atomic E-state index is 11.0. The van der Waals surface area contributed by atoms with Gasteiger partial charge in [-0.05, 0) is 6.92 Å². The first kappa shape index (κ1) is 12.7. The molecule has 0 bridgehead atoms. The maximum Gasteiger partial charge on any atom is 0.307 e. The van der Waals surface area contributed by atoms with Crippen molar-refractivity contribution in [1.82, 2.24) is 4.98 Å². The fraction of sp³-hybridized carbons (Fsp3) is 0.444. The molecule has 16 heavy (non-hydrogen) atoms. The molecule has 0 radical (unpaired) electrons. The smallest absolute Gasteiger partial charge is 0.307 e. The van der Waals surface area contributed by atoms with Gasteiger partial charge in [-0.15, -0.1) is 0 Å². The van der Waals surface area contributed by atoms with E-state index in [1.165, 1.54) is 0 Å². The molecule has 0 amide bonds. The Bertz CT molecular complexity index is 413. The maximum absolute atomic E-state index is 11.0. The summed E-state index contributed by atoms with van der Waals surface area (Å²) in [6, 6.07) is 1.93. The summed E-state index contributed by atoms with van der Waals surface area (Å²) >= 11 is 6.84. The first-order valence-corrected chi connectivity index (χ1v) is 5.82. The van der Waals surface area contributed by atoms with Gasteiger partial charge in [0, 0.05) is 6.54 Å². The predicted octanol–water partition coefficient (Wildman–Crippen LogP) is 2.03. The fourth-order valence-electron chi connectivity index (χ4n) is 0.951. The number of esters is 1. The van der Waals surface area contributed by atoms with Crippen LogP contribution in [0.4, 0.5) is 5.13 Å². The molecule has 0 aromatic carbocycles. The minimum atomic E-state index is -0.266. The molecule has 0 spiro atoms. The van der Waals surface area contributed by atoms with Crippen LogP contribution in [0.15, 0.2) is 0 Å². The molecule has 0 saturated carbocycles. The minimum Gasteiger partial charge on any atom is -0.466 e. The van der Waals surface area contributed by atoms with E-state index in [4.69, 9.17) is 21.6 Å². The number of nitriles is 1. The number of carbonyl (C=O) groups excluding carboxylic acids is 1. The molecule has 1 aromatic rings. The lowest BCUT2D eigenvalue weighted by molar-refractivity contribution is -0.142. The van der Waals surface area contributed by atoms with E-state index in [1.807, 2.05) is 6.07 Å². The highest BCUT2D eigenvalue weighted by atomic mass is 35.5. The molecule has 0 unspecified atom stereocenters. The van der Waals surface area contributed by atoms with E-state index >= 15 is 0 Å². The van der Waals surface area contributed by atoms with Gasteiger partial charge in [-0.3, -0.25) is 4.79 Å². The number of ether oxygens (including phenoxy) is 1. The highest BCUT2D eigenvalue weighted by Gasteiger charge is 2.08. The Balaban J connectivity index is 2.38. The lowest BCUT2D eigenvalue weighted by Gasteiger charge is -2.02. The number of hydrogen-bond acceptors (Lipinski definition) is 6. The Morgan fingerprint density at radius 2 is 2.50 bits per heavy atom. The molecule has 0 fully saturated rings. The molecule has 86 valence electrons. The monoisotopic (exact) mass is 259 g/mol. The van der Waals surface area contributed by atoms with Crippen LogP contribution in [0.3, 0.4) is 0 Å². The van der Waals surface area contributed by atoms with E-state index in [0.717, 1.165) is 11.3 Å². The number of halogens is 1. The molecular weight excluding hydrogens is 250 g/mol. The summed E-state index contributed by atoms with van der Waals surface area (Å²) < 4.78 is 4.76. The second-order valence-corrected chi connectivity index (χ2v) is 4.09. The number of carbonyl (C=O) groups is 1. The third-order valence-electron chi connectivity index (χ3n) is 1.60. The zero-order valence-corrected chi connectivity index (χ0v) is 10.2. The minimum absolute atomic E-state index is 0.186.